The summed E-state index contributed by atoms with van der Waals surface area (Å²) in [6.45, 7) is 0. The summed E-state index contributed by atoms with van der Waals surface area (Å²) >= 11 is 0. The van der Waals surface area contributed by atoms with Crippen molar-refractivity contribution >= 4 is 12.2 Å². The summed E-state index contributed by atoms with van der Waals surface area (Å²) < 4.78 is 0. The Morgan fingerprint density at radius 3 is 2.84 bits per heavy atom. The second-order valence-corrected chi connectivity index (χ2v) is 4.77. The Kier molecular flexibility index (Phi) is 4.78. The van der Waals surface area contributed by atoms with E-state index in [0.29, 0.717) is 0 Å². The molecular weight excluding hydrogens is 242 g/mol. The minimum atomic E-state index is -0.275. The van der Waals surface area contributed by atoms with E-state index in [1.165, 1.54) is 25.5 Å². The van der Waals surface area contributed by atoms with E-state index in [0.717, 1.165) is 18.4 Å². The average molecular weight is 261 g/mol. The van der Waals surface area contributed by atoms with Crippen LogP contribution in [0.4, 0.5) is 4.79 Å². The molecule has 1 saturated carbocycles. The van der Waals surface area contributed by atoms with Gasteiger partial charge in [-0.3, -0.25) is 0 Å². The molecule has 5 heteroatoms. The Labute approximate surface area is 112 Å². The molecule has 1 aromatic rings. The molecule has 1 aliphatic rings. The maximum absolute atomic E-state index is 11.6. The van der Waals surface area contributed by atoms with Gasteiger partial charge in [-0.15, -0.1) is 0 Å². The number of benzene rings is 1. The fourth-order valence-corrected chi connectivity index (χ4v) is 2.24. The minimum Gasteiger partial charge on any atom is -0.508 e. The van der Waals surface area contributed by atoms with Crippen LogP contribution in [0.25, 0.3) is 0 Å². The zero-order chi connectivity index (χ0) is 13.5. The predicted octanol–water partition coefficient (Wildman–Crippen LogP) is 2.36. The topological polar surface area (TPSA) is 73.7 Å². The van der Waals surface area contributed by atoms with Crippen LogP contribution in [0.15, 0.2) is 29.4 Å². The van der Waals surface area contributed by atoms with Gasteiger partial charge < -0.3 is 10.4 Å². The van der Waals surface area contributed by atoms with Gasteiger partial charge in [-0.1, -0.05) is 31.4 Å². The highest BCUT2D eigenvalue weighted by molar-refractivity contribution is 5.82. The van der Waals surface area contributed by atoms with E-state index in [1.54, 1.807) is 24.3 Å². The molecule has 0 bridgehead atoms. The standard InChI is InChI=1S/C14H19N3O2/c18-13-8-4-5-11(9-13)10-15-17-14(19)16-12-6-2-1-3-7-12/h4-5,8-10,12,18H,1-3,6-7H2,(H2,16,17,19)/b15-10-. The molecule has 2 amide bonds. The Hall–Kier alpha value is -2.04. The summed E-state index contributed by atoms with van der Waals surface area (Å²) in [5.74, 6) is 0.176. The Bertz CT molecular complexity index is 454. The lowest BCUT2D eigenvalue weighted by Gasteiger charge is -2.22. The van der Waals surface area contributed by atoms with Crippen LogP contribution in [0, 0.1) is 0 Å². The van der Waals surface area contributed by atoms with E-state index in [2.05, 4.69) is 15.8 Å². The van der Waals surface area contributed by atoms with Crippen LogP contribution < -0.4 is 10.7 Å². The highest BCUT2D eigenvalue weighted by atomic mass is 16.3. The molecule has 0 heterocycles. The molecule has 0 radical (unpaired) electrons. The number of aromatic hydroxyl groups is 1. The number of hydrazone groups is 1. The van der Waals surface area contributed by atoms with Crippen LogP contribution in [-0.2, 0) is 0 Å². The molecule has 5 nitrogen and oxygen atoms in total. The quantitative estimate of drug-likeness (QED) is 0.577. The third kappa shape index (κ3) is 4.62. The number of hydrogen-bond donors (Lipinski definition) is 3. The first-order chi connectivity index (χ1) is 9.24. The van der Waals surface area contributed by atoms with Gasteiger partial charge in [-0.2, -0.15) is 5.10 Å². The molecule has 0 atom stereocenters. The molecule has 3 N–H and O–H groups in total. The maximum atomic E-state index is 11.6. The number of nitrogens with zero attached hydrogens (tertiary/aromatic N) is 1. The minimum absolute atomic E-state index is 0.176. The van der Waals surface area contributed by atoms with Gasteiger partial charge in [0.1, 0.15) is 5.75 Å². The molecule has 1 aromatic carbocycles. The van der Waals surface area contributed by atoms with E-state index in [9.17, 15) is 9.90 Å². The monoisotopic (exact) mass is 261 g/mol. The van der Waals surface area contributed by atoms with Crippen LogP contribution in [-0.4, -0.2) is 23.4 Å². The van der Waals surface area contributed by atoms with Gasteiger partial charge in [-0.05, 0) is 30.5 Å². The van der Waals surface area contributed by atoms with Gasteiger partial charge in [-0.25, -0.2) is 10.2 Å². The molecule has 0 saturated heterocycles. The number of rotatable bonds is 3. The van der Waals surface area contributed by atoms with E-state index in [4.69, 9.17) is 0 Å². The molecule has 102 valence electrons. The molecule has 0 aromatic heterocycles. The Morgan fingerprint density at radius 1 is 1.32 bits per heavy atom. The number of phenolic OH excluding ortho intramolecular Hbond substituents is 1. The first-order valence-corrected chi connectivity index (χ1v) is 6.62. The smallest absolute Gasteiger partial charge is 0.335 e. The Balaban J connectivity index is 1.76. The van der Waals surface area contributed by atoms with Gasteiger partial charge in [0.2, 0.25) is 0 Å². The van der Waals surface area contributed by atoms with E-state index < -0.39 is 0 Å². The summed E-state index contributed by atoms with van der Waals surface area (Å²) in [6.07, 6.45) is 7.21. The largest absolute Gasteiger partial charge is 0.508 e. The summed E-state index contributed by atoms with van der Waals surface area (Å²) in [4.78, 5) is 11.6. The van der Waals surface area contributed by atoms with Crippen LogP contribution in [0.1, 0.15) is 37.7 Å². The van der Waals surface area contributed by atoms with Crippen molar-refractivity contribution in [1.82, 2.24) is 10.7 Å². The number of carbonyl (C=O) groups is 1. The summed E-state index contributed by atoms with van der Waals surface area (Å²) in [6, 6.07) is 6.67. The van der Waals surface area contributed by atoms with E-state index >= 15 is 0 Å². The summed E-state index contributed by atoms with van der Waals surface area (Å²) in [7, 11) is 0. The normalized spacial score (nSPS) is 16.4. The lowest BCUT2D eigenvalue weighted by molar-refractivity contribution is 0.233. The molecule has 1 fully saturated rings. The number of hydrogen-bond acceptors (Lipinski definition) is 3. The fourth-order valence-electron chi connectivity index (χ4n) is 2.24. The van der Waals surface area contributed by atoms with Gasteiger partial charge >= 0.3 is 6.03 Å². The fraction of sp³-hybridized carbons (Fsp3) is 0.429. The van der Waals surface area contributed by atoms with Crippen molar-refractivity contribution in [1.29, 1.82) is 0 Å². The summed E-state index contributed by atoms with van der Waals surface area (Å²) in [5, 5.41) is 16.0. The van der Waals surface area contributed by atoms with Crippen molar-refractivity contribution < 1.29 is 9.90 Å². The average Bonchev–Trinajstić information content (AvgIpc) is 2.40. The van der Waals surface area contributed by atoms with Crippen molar-refractivity contribution in [3.05, 3.63) is 29.8 Å². The Morgan fingerprint density at radius 2 is 2.11 bits per heavy atom. The van der Waals surface area contributed by atoms with Crippen molar-refractivity contribution in [3.63, 3.8) is 0 Å². The predicted molar refractivity (Wildman–Crippen MR) is 74.2 cm³/mol. The van der Waals surface area contributed by atoms with E-state index in [1.807, 2.05) is 0 Å². The zero-order valence-corrected chi connectivity index (χ0v) is 10.8. The highest BCUT2D eigenvalue weighted by Crippen LogP contribution is 2.17. The molecule has 0 aliphatic heterocycles. The maximum Gasteiger partial charge on any atom is 0.335 e. The molecule has 0 unspecified atom stereocenters. The summed E-state index contributed by atoms with van der Waals surface area (Å²) in [5.41, 5.74) is 3.17. The first-order valence-electron chi connectivity index (χ1n) is 6.62. The molecule has 19 heavy (non-hydrogen) atoms. The van der Waals surface area contributed by atoms with Crippen molar-refractivity contribution in [3.8, 4) is 5.75 Å². The van der Waals surface area contributed by atoms with Crippen LogP contribution in [0.2, 0.25) is 0 Å². The number of nitrogens with one attached hydrogen (secondary N) is 2. The lowest BCUT2D eigenvalue weighted by atomic mass is 9.96. The van der Waals surface area contributed by atoms with Gasteiger partial charge in [0.25, 0.3) is 0 Å². The van der Waals surface area contributed by atoms with Crippen LogP contribution in [0.5, 0.6) is 5.75 Å². The van der Waals surface area contributed by atoms with Crippen molar-refractivity contribution in [2.24, 2.45) is 5.10 Å². The SMILES string of the molecule is O=C(N/N=C\c1cccc(O)c1)NC1CCCCC1. The van der Waals surface area contributed by atoms with Crippen molar-refractivity contribution in [2.45, 2.75) is 38.1 Å². The second-order valence-electron chi connectivity index (χ2n) is 4.77. The van der Waals surface area contributed by atoms with Crippen LogP contribution >= 0.6 is 0 Å². The highest BCUT2D eigenvalue weighted by Gasteiger charge is 2.14. The lowest BCUT2D eigenvalue weighted by Crippen LogP contribution is -2.41. The second kappa shape index (κ2) is 6.78. The van der Waals surface area contributed by atoms with Crippen LogP contribution in [0.3, 0.4) is 0 Å². The third-order valence-electron chi connectivity index (χ3n) is 3.19. The number of amides is 2. The molecule has 2 rings (SSSR count). The van der Waals surface area contributed by atoms with Crippen molar-refractivity contribution in [2.75, 3.05) is 0 Å². The number of carbonyl (C=O) groups excluding carboxylic acids is 1. The van der Waals surface area contributed by atoms with Gasteiger partial charge in [0, 0.05) is 6.04 Å². The number of phenols is 1. The first kappa shape index (κ1) is 13.4. The molecular formula is C14H19N3O2. The third-order valence-corrected chi connectivity index (χ3v) is 3.19. The van der Waals surface area contributed by atoms with Gasteiger partial charge in [0.15, 0.2) is 0 Å². The zero-order valence-electron chi connectivity index (χ0n) is 10.8. The molecule has 1 aliphatic carbocycles. The van der Waals surface area contributed by atoms with E-state index in [-0.39, 0.29) is 17.8 Å². The number of urea groups is 1. The van der Waals surface area contributed by atoms with Gasteiger partial charge in [0.05, 0.1) is 6.21 Å². The molecule has 0 spiro atoms.